The summed E-state index contributed by atoms with van der Waals surface area (Å²) in [7, 11) is 0. The first kappa shape index (κ1) is 21.1. The molecule has 27 heavy (non-hydrogen) atoms. The van der Waals surface area contributed by atoms with Crippen LogP contribution >= 0.6 is 0 Å². The first-order valence-electron chi connectivity index (χ1n) is 9.10. The van der Waals surface area contributed by atoms with Crippen molar-refractivity contribution in [3.63, 3.8) is 0 Å². The lowest BCUT2D eigenvalue weighted by atomic mass is 9.78. The minimum Gasteiger partial charge on any atom is -0.434 e. The van der Waals surface area contributed by atoms with Crippen LogP contribution in [0.5, 0.6) is 5.75 Å². The fourth-order valence-corrected chi connectivity index (χ4v) is 3.32. The molecule has 0 unspecified atom stereocenters. The Morgan fingerprint density at radius 2 is 1.89 bits per heavy atom. The number of aliphatic hydroxyl groups is 1. The minimum atomic E-state index is -3.05. The van der Waals surface area contributed by atoms with E-state index in [1.807, 2.05) is 0 Å². The number of carbonyl (C=O) groups is 2. The van der Waals surface area contributed by atoms with Crippen LogP contribution in [0.15, 0.2) is 24.3 Å². The minimum absolute atomic E-state index is 0.0835. The molecule has 1 aliphatic carbocycles. The van der Waals surface area contributed by atoms with E-state index >= 15 is 0 Å². The second-order valence-electron chi connectivity index (χ2n) is 7.03. The molecule has 8 heteroatoms. The van der Waals surface area contributed by atoms with Gasteiger partial charge in [-0.2, -0.15) is 8.78 Å². The van der Waals surface area contributed by atoms with Gasteiger partial charge in [0.05, 0.1) is 17.7 Å². The maximum absolute atomic E-state index is 12.4. The predicted octanol–water partition coefficient (Wildman–Crippen LogP) is 2.47. The highest BCUT2D eigenvalue weighted by Crippen LogP contribution is 2.32. The number of halogens is 2. The number of para-hydroxylation sites is 1. The molecule has 0 radical (unpaired) electrons. The summed E-state index contributed by atoms with van der Waals surface area (Å²) in [4.78, 5) is 24.1. The zero-order valence-corrected chi connectivity index (χ0v) is 15.3. The monoisotopic (exact) mass is 384 g/mol. The van der Waals surface area contributed by atoms with E-state index in [1.54, 1.807) is 6.92 Å². The van der Waals surface area contributed by atoms with Gasteiger partial charge < -0.3 is 20.5 Å². The van der Waals surface area contributed by atoms with E-state index in [2.05, 4.69) is 15.4 Å². The largest absolute Gasteiger partial charge is 0.434 e. The maximum atomic E-state index is 12.4. The molecule has 0 aromatic heterocycles. The van der Waals surface area contributed by atoms with Gasteiger partial charge in [-0.25, -0.2) is 0 Å². The molecular weight excluding hydrogens is 358 g/mol. The number of hydrogen-bond donors (Lipinski definition) is 3. The molecule has 3 N–H and O–H groups in total. The summed E-state index contributed by atoms with van der Waals surface area (Å²) >= 11 is 0. The van der Waals surface area contributed by atoms with Crippen LogP contribution in [0.3, 0.4) is 0 Å². The quantitative estimate of drug-likeness (QED) is 0.643. The third kappa shape index (κ3) is 6.46. The van der Waals surface area contributed by atoms with Crippen molar-refractivity contribution in [2.24, 2.45) is 5.92 Å². The number of alkyl halides is 2. The lowest BCUT2D eigenvalue weighted by Crippen LogP contribution is -2.48. The van der Waals surface area contributed by atoms with Crippen LogP contribution in [0, 0.1) is 5.92 Å². The molecule has 1 saturated carbocycles. The summed E-state index contributed by atoms with van der Waals surface area (Å²) in [6.45, 7) is -1.58. The van der Waals surface area contributed by atoms with Crippen molar-refractivity contribution in [1.29, 1.82) is 0 Å². The van der Waals surface area contributed by atoms with E-state index in [0.29, 0.717) is 0 Å². The van der Waals surface area contributed by atoms with Crippen LogP contribution < -0.4 is 15.4 Å². The zero-order chi connectivity index (χ0) is 19.9. The number of rotatable bonds is 8. The van der Waals surface area contributed by atoms with Crippen LogP contribution in [-0.2, 0) is 4.79 Å². The Labute approximate surface area is 157 Å². The number of hydrogen-bond acceptors (Lipinski definition) is 4. The second kappa shape index (κ2) is 9.64. The van der Waals surface area contributed by atoms with Gasteiger partial charge in [0, 0.05) is 6.54 Å². The highest BCUT2D eigenvalue weighted by atomic mass is 19.3. The topological polar surface area (TPSA) is 87.7 Å². The fraction of sp³-hybridized carbons (Fsp3) is 0.579. The molecular formula is C19H26F2N2O4. The maximum Gasteiger partial charge on any atom is 0.387 e. The van der Waals surface area contributed by atoms with Crippen molar-refractivity contribution < 1.29 is 28.2 Å². The molecule has 150 valence electrons. The number of nitrogens with one attached hydrogen (secondary N) is 2. The first-order valence-corrected chi connectivity index (χ1v) is 9.10. The lowest BCUT2D eigenvalue weighted by Gasteiger charge is -2.35. The molecule has 1 fully saturated rings. The molecule has 0 saturated heterocycles. The average molecular weight is 384 g/mol. The summed E-state index contributed by atoms with van der Waals surface area (Å²) in [6.07, 6.45) is 5.18. The van der Waals surface area contributed by atoms with Crippen molar-refractivity contribution in [2.75, 3.05) is 13.1 Å². The Morgan fingerprint density at radius 1 is 1.22 bits per heavy atom. The number of ether oxygens (including phenoxy) is 1. The summed E-state index contributed by atoms with van der Waals surface area (Å²) in [5, 5.41) is 15.6. The highest BCUT2D eigenvalue weighted by molar-refractivity contribution is 5.98. The van der Waals surface area contributed by atoms with Gasteiger partial charge in [-0.15, -0.1) is 0 Å². The standard InChI is InChI=1S/C19H26F2N2O4/c1-19(26,13-7-3-2-4-8-13)12-23-16(24)11-22-17(25)14-9-5-6-10-15(14)27-18(20)21/h5-6,9-10,13,18,26H,2-4,7-8,11-12H2,1H3,(H,22,25)(H,23,24)/t19-/m1/s1. The zero-order valence-electron chi connectivity index (χ0n) is 15.3. The van der Waals surface area contributed by atoms with Gasteiger partial charge in [-0.1, -0.05) is 31.4 Å². The Kier molecular flexibility index (Phi) is 7.53. The Hall–Kier alpha value is -2.22. The van der Waals surface area contributed by atoms with Crippen LogP contribution in [-0.4, -0.2) is 42.2 Å². The average Bonchev–Trinajstić information content (AvgIpc) is 2.65. The smallest absolute Gasteiger partial charge is 0.387 e. The van der Waals surface area contributed by atoms with Crippen LogP contribution in [0.1, 0.15) is 49.4 Å². The molecule has 2 rings (SSSR count). The summed E-state index contributed by atoms with van der Waals surface area (Å²) < 4.78 is 29.1. The SMILES string of the molecule is C[C@@](O)(CNC(=O)CNC(=O)c1ccccc1OC(F)F)C1CCCCC1. The normalized spacial score (nSPS) is 17.2. The van der Waals surface area contributed by atoms with E-state index < -0.39 is 24.0 Å². The van der Waals surface area contributed by atoms with Crippen molar-refractivity contribution in [2.45, 2.75) is 51.2 Å². The molecule has 0 spiro atoms. The molecule has 1 aliphatic rings. The van der Waals surface area contributed by atoms with Crippen molar-refractivity contribution >= 4 is 11.8 Å². The summed E-state index contributed by atoms with van der Waals surface area (Å²) in [5.74, 6) is -1.28. The molecule has 0 bridgehead atoms. The van der Waals surface area contributed by atoms with Crippen LogP contribution in [0.4, 0.5) is 8.78 Å². The van der Waals surface area contributed by atoms with E-state index in [1.165, 1.54) is 30.7 Å². The first-order chi connectivity index (χ1) is 12.8. The van der Waals surface area contributed by atoms with Crippen LogP contribution in [0.25, 0.3) is 0 Å². The molecule has 2 amide bonds. The van der Waals surface area contributed by atoms with Gasteiger partial charge in [0.2, 0.25) is 5.91 Å². The van der Waals surface area contributed by atoms with Crippen molar-refractivity contribution in [3.8, 4) is 5.75 Å². The third-order valence-corrected chi connectivity index (χ3v) is 4.89. The fourth-order valence-electron chi connectivity index (χ4n) is 3.32. The van der Waals surface area contributed by atoms with E-state index in [0.717, 1.165) is 25.7 Å². The van der Waals surface area contributed by atoms with Crippen LogP contribution in [0.2, 0.25) is 0 Å². The van der Waals surface area contributed by atoms with Crippen molar-refractivity contribution in [1.82, 2.24) is 10.6 Å². The van der Waals surface area contributed by atoms with Gasteiger partial charge in [0.15, 0.2) is 0 Å². The second-order valence-corrected chi connectivity index (χ2v) is 7.03. The van der Waals surface area contributed by atoms with Gasteiger partial charge >= 0.3 is 6.61 Å². The molecule has 1 atom stereocenters. The Balaban J connectivity index is 1.82. The molecule has 1 aromatic carbocycles. The number of amides is 2. The Morgan fingerprint density at radius 3 is 2.56 bits per heavy atom. The summed E-state index contributed by atoms with van der Waals surface area (Å²) in [5.41, 5.74) is -1.09. The van der Waals surface area contributed by atoms with Gasteiger partial charge in [-0.05, 0) is 37.8 Å². The number of benzene rings is 1. The van der Waals surface area contributed by atoms with E-state index in [4.69, 9.17) is 0 Å². The van der Waals surface area contributed by atoms with E-state index in [9.17, 15) is 23.5 Å². The predicted molar refractivity (Wildman–Crippen MR) is 95.6 cm³/mol. The molecule has 0 heterocycles. The number of carbonyl (C=O) groups excluding carboxylic acids is 2. The molecule has 1 aromatic rings. The van der Waals surface area contributed by atoms with Gasteiger partial charge in [-0.3, -0.25) is 9.59 Å². The summed E-state index contributed by atoms with van der Waals surface area (Å²) in [6, 6.07) is 5.56. The molecule has 6 nitrogen and oxygen atoms in total. The highest BCUT2D eigenvalue weighted by Gasteiger charge is 2.33. The van der Waals surface area contributed by atoms with Gasteiger partial charge in [0.25, 0.3) is 5.91 Å². The van der Waals surface area contributed by atoms with Crippen molar-refractivity contribution in [3.05, 3.63) is 29.8 Å². The van der Waals surface area contributed by atoms with E-state index in [-0.39, 0.29) is 30.3 Å². The van der Waals surface area contributed by atoms with Gasteiger partial charge in [0.1, 0.15) is 5.75 Å². The molecule has 0 aliphatic heterocycles. The third-order valence-electron chi connectivity index (χ3n) is 4.89. The Bertz CT molecular complexity index is 646. The lowest BCUT2D eigenvalue weighted by molar-refractivity contribution is -0.122.